The highest BCUT2D eigenvalue weighted by Crippen LogP contribution is 2.30. The molecule has 1 aromatic carbocycles. The van der Waals surface area contributed by atoms with Crippen LogP contribution in [-0.2, 0) is 5.41 Å². The van der Waals surface area contributed by atoms with Gasteiger partial charge < -0.3 is 10.2 Å². The summed E-state index contributed by atoms with van der Waals surface area (Å²) in [6.45, 7) is 14.7. The lowest BCUT2D eigenvalue weighted by molar-refractivity contribution is 0.285. The van der Waals surface area contributed by atoms with Crippen LogP contribution in [0.15, 0.2) is 4.79 Å². The molecule has 0 fully saturated rings. The van der Waals surface area contributed by atoms with E-state index < -0.39 is 0 Å². The molecular formula is C16H28N2OS. The van der Waals surface area contributed by atoms with Gasteiger partial charge in [0, 0.05) is 18.7 Å². The highest BCUT2D eigenvalue weighted by Gasteiger charge is 2.27. The maximum Gasteiger partial charge on any atom is 0.220 e. The fourth-order valence-electron chi connectivity index (χ4n) is 2.58. The highest BCUT2D eigenvalue weighted by atomic mass is 32.1. The van der Waals surface area contributed by atoms with Gasteiger partial charge in [-0.05, 0) is 31.3 Å². The van der Waals surface area contributed by atoms with Gasteiger partial charge in [-0.2, -0.15) is 0 Å². The first-order valence-corrected chi connectivity index (χ1v) is 8.03. The van der Waals surface area contributed by atoms with E-state index >= 15 is 0 Å². The lowest BCUT2D eigenvalue weighted by Gasteiger charge is -2.27. The molecule has 0 radical (unpaired) electrons. The maximum absolute atomic E-state index is 11.9. The summed E-state index contributed by atoms with van der Waals surface area (Å²) >= 11 is 5.18. The summed E-state index contributed by atoms with van der Waals surface area (Å²) in [6.07, 6.45) is 2.33. The lowest BCUT2D eigenvalue weighted by atomic mass is 9.83. The zero-order valence-electron chi connectivity index (χ0n) is 13.5. The smallest absolute Gasteiger partial charge is 0.220 e. The van der Waals surface area contributed by atoms with E-state index in [9.17, 15) is 4.79 Å². The lowest BCUT2D eigenvalue weighted by Crippen LogP contribution is -2.34. The van der Waals surface area contributed by atoms with Crippen molar-refractivity contribution in [2.45, 2.75) is 52.9 Å². The van der Waals surface area contributed by atoms with E-state index in [1.54, 1.807) is 0 Å². The van der Waals surface area contributed by atoms with E-state index in [0.29, 0.717) is 4.51 Å². The minimum atomic E-state index is -0.0557. The SMILES string of the molecule is CCCN(CCC)CCNc1c(C(C)(C)C)c(=S)c1=O. The van der Waals surface area contributed by atoms with Crippen molar-refractivity contribution >= 4 is 17.9 Å². The topological polar surface area (TPSA) is 32.3 Å². The summed E-state index contributed by atoms with van der Waals surface area (Å²) in [5.41, 5.74) is 1.73. The molecule has 1 aromatic rings. The molecule has 0 heterocycles. The zero-order valence-corrected chi connectivity index (χ0v) is 14.3. The molecule has 1 rings (SSSR count). The van der Waals surface area contributed by atoms with Crippen LogP contribution in [0.4, 0.5) is 5.69 Å². The van der Waals surface area contributed by atoms with Crippen molar-refractivity contribution in [1.82, 2.24) is 4.90 Å². The predicted molar refractivity (Wildman–Crippen MR) is 90.1 cm³/mol. The Morgan fingerprint density at radius 2 is 1.65 bits per heavy atom. The van der Waals surface area contributed by atoms with Crippen molar-refractivity contribution in [3.63, 3.8) is 0 Å². The van der Waals surface area contributed by atoms with Crippen molar-refractivity contribution in [2.75, 3.05) is 31.5 Å². The Morgan fingerprint density at radius 3 is 2.10 bits per heavy atom. The van der Waals surface area contributed by atoms with Gasteiger partial charge in [0.15, 0.2) is 0 Å². The maximum atomic E-state index is 11.9. The molecule has 0 aromatic heterocycles. The van der Waals surface area contributed by atoms with Crippen molar-refractivity contribution in [1.29, 1.82) is 0 Å². The predicted octanol–water partition coefficient (Wildman–Crippen LogP) is 3.48. The van der Waals surface area contributed by atoms with Crippen molar-refractivity contribution in [3.8, 4) is 0 Å². The van der Waals surface area contributed by atoms with Crippen LogP contribution in [0.2, 0.25) is 0 Å². The van der Waals surface area contributed by atoms with E-state index in [2.05, 4.69) is 44.8 Å². The zero-order chi connectivity index (χ0) is 15.3. The van der Waals surface area contributed by atoms with Crippen molar-refractivity contribution in [2.24, 2.45) is 0 Å². The Kier molecular flexibility index (Phi) is 6.34. The van der Waals surface area contributed by atoms with Crippen LogP contribution in [0.1, 0.15) is 53.0 Å². The Labute approximate surface area is 128 Å². The average Bonchev–Trinajstić information content (AvgIpc) is 2.35. The standard InChI is InChI=1S/C16H28N2OS/c1-6-9-18(10-7-2)11-8-17-13-12(16(3,4)5)15(20)14(13)19/h17H,6-11H2,1-5H3. The summed E-state index contributed by atoms with van der Waals surface area (Å²) in [7, 11) is 0. The van der Waals surface area contributed by atoms with Crippen LogP contribution in [0, 0.1) is 4.51 Å². The van der Waals surface area contributed by atoms with Crippen LogP contribution < -0.4 is 10.7 Å². The number of anilines is 1. The van der Waals surface area contributed by atoms with Gasteiger partial charge in [-0.25, -0.2) is 0 Å². The van der Waals surface area contributed by atoms with Gasteiger partial charge >= 0.3 is 0 Å². The van der Waals surface area contributed by atoms with Crippen LogP contribution >= 0.6 is 12.2 Å². The van der Waals surface area contributed by atoms with Crippen LogP contribution in [0.3, 0.4) is 0 Å². The Morgan fingerprint density at radius 1 is 1.10 bits per heavy atom. The minimum Gasteiger partial charge on any atom is -0.380 e. The molecule has 0 saturated heterocycles. The van der Waals surface area contributed by atoms with Gasteiger partial charge in [0.05, 0.1) is 10.2 Å². The second-order valence-corrected chi connectivity index (χ2v) is 6.83. The summed E-state index contributed by atoms with van der Waals surface area (Å²) in [5, 5.41) is 3.30. The monoisotopic (exact) mass is 296 g/mol. The molecule has 4 heteroatoms. The number of hydrogen-bond acceptors (Lipinski definition) is 4. The molecule has 0 aliphatic carbocycles. The van der Waals surface area contributed by atoms with Crippen LogP contribution in [0.25, 0.3) is 0 Å². The van der Waals surface area contributed by atoms with Gasteiger partial charge in [0.2, 0.25) is 5.43 Å². The van der Waals surface area contributed by atoms with E-state index in [-0.39, 0.29) is 10.8 Å². The number of hydrogen-bond donors (Lipinski definition) is 1. The number of rotatable bonds is 8. The van der Waals surface area contributed by atoms with Gasteiger partial charge in [-0.15, -0.1) is 0 Å². The fourth-order valence-corrected chi connectivity index (χ4v) is 3.09. The van der Waals surface area contributed by atoms with E-state index in [1.165, 1.54) is 12.8 Å². The highest BCUT2D eigenvalue weighted by molar-refractivity contribution is 7.71. The summed E-state index contributed by atoms with van der Waals surface area (Å²) in [6, 6.07) is 0. The molecule has 0 atom stereocenters. The van der Waals surface area contributed by atoms with Gasteiger partial charge in [-0.1, -0.05) is 46.8 Å². The third-order valence-electron chi connectivity index (χ3n) is 3.47. The first-order valence-electron chi connectivity index (χ1n) is 7.62. The molecular weight excluding hydrogens is 268 g/mol. The second-order valence-electron chi connectivity index (χ2n) is 6.43. The second kappa shape index (κ2) is 7.32. The minimum absolute atomic E-state index is 0.0162. The van der Waals surface area contributed by atoms with Gasteiger partial charge in [-0.3, -0.25) is 4.79 Å². The normalized spacial score (nSPS) is 12.3. The third kappa shape index (κ3) is 4.13. The molecule has 0 spiro atoms. The molecule has 0 unspecified atom stereocenters. The largest absolute Gasteiger partial charge is 0.380 e. The molecule has 0 aliphatic heterocycles. The van der Waals surface area contributed by atoms with Gasteiger partial charge in [0.1, 0.15) is 0 Å². The molecule has 0 bridgehead atoms. The first-order chi connectivity index (χ1) is 9.32. The summed E-state index contributed by atoms with van der Waals surface area (Å²) < 4.78 is 0.513. The summed E-state index contributed by atoms with van der Waals surface area (Å²) in [4.78, 5) is 14.3. The van der Waals surface area contributed by atoms with Crippen LogP contribution in [0.5, 0.6) is 0 Å². The third-order valence-corrected chi connectivity index (χ3v) is 3.86. The van der Waals surface area contributed by atoms with Gasteiger partial charge in [0.25, 0.3) is 0 Å². The molecule has 20 heavy (non-hydrogen) atoms. The van der Waals surface area contributed by atoms with E-state index in [4.69, 9.17) is 12.2 Å². The molecule has 114 valence electrons. The Bertz CT molecular complexity index is 489. The molecule has 0 aliphatic rings. The summed E-state index contributed by atoms with van der Waals surface area (Å²) in [5.74, 6) is 0. The quantitative estimate of drug-likeness (QED) is 0.744. The fraction of sp³-hybridized carbons (Fsp3) is 0.750. The number of nitrogens with zero attached hydrogens (tertiary/aromatic N) is 1. The van der Waals surface area contributed by atoms with Crippen LogP contribution in [-0.4, -0.2) is 31.1 Å². The molecule has 0 saturated carbocycles. The number of nitrogens with one attached hydrogen (secondary N) is 1. The Hall–Kier alpha value is -0.740. The molecule has 3 nitrogen and oxygen atoms in total. The molecule has 0 amide bonds. The van der Waals surface area contributed by atoms with E-state index in [1.807, 2.05) is 0 Å². The Balaban J connectivity index is 2.61. The van der Waals surface area contributed by atoms with E-state index in [0.717, 1.165) is 37.4 Å². The van der Waals surface area contributed by atoms with Crippen molar-refractivity contribution < 1.29 is 0 Å². The van der Waals surface area contributed by atoms with Crippen molar-refractivity contribution in [3.05, 3.63) is 20.3 Å². The molecule has 1 N–H and O–H groups in total. The first kappa shape index (κ1) is 17.3. The average molecular weight is 296 g/mol.